The lowest BCUT2D eigenvalue weighted by molar-refractivity contribution is -0.497. The summed E-state index contributed by atoms with van der Waals surface area (Å²) in [6, 6.07) is 6.11. The summed E-state index contributed by atoms with van der Waals surface area (Å²) in [4.78, 5) is 57.9. The van der Waals surface area contributed by atoms with Crippen molar-refractivity contribution < 1.29 is 53.4 Å². The van der Waals surface area contributed by atoms with Gasteiger partial charge in [0.15, 0.2) is 23.7 Å². The van der Waals surface area contributed by atoms with E-state index < -0.39 is 75.7 Å². The number of hydrogen-bond donors (Lipinski definition) is 3. The molecule has 1 aromatic carbocycles. The van der Waals surface area contributed by atoms with E-state index in [1.165, 1.54) is 24.3 Å². The van der Waals surface area contributed by atoms with Crippen molar-refractivity contribution in [3.63, 3.8) is 0 Å². The lowest BCUT2D eigenvalue weighted by Gasteiger charge is -2.62. The summed E-state index contributed by atoms with van der Waals surface area (Å²) in [5.74, 6) is -4.16. The molecule has 0 saturated heterocycles. The Balaban J connectivity index is 1.49. The first-order chi connectivity index (χ1) is 22.2. The van der Waals surface area contributed by atoms with Gasteiger partial charge >= 0.3 is 11.9 Å². The second kappa shape index (κ2) is 13.0. The van der Waals surface area contributed by atoms with Crippen LogP contribution in [-0.4, -0.2) is 68.4 Å². The van der Waals surface area contributed by atoms with E-state index in [9.17, 15) is 24.3 Å². The first kappa shape index (κ1) is 35.0. The molecule has 0 heterocycles. The summed E-state index contributed by atoms with van der Waals surface area (Å²) >= 11 is 0. The Kier molecular flexibility index (Phi) is 9.66. The zero-order valence-corrected chi connectivity index (χ0v) is 27.2. The number of ether oxygens (including phenoxy) is 2. The van der Waals surface area contributed by atoms with Crippen molar-refractivity contribution in [1.29, 1.82) is 0 Å². The molecule has 1 aromatic rings. The van der Waals surface area contributed by atoms with Crippen molar-refractivity contribution in [2.45, 2.75) is 96.6 Å². The Bertz CT molecular complexity index is 1490. The Hall–Kier alpha value is -3.29. The number of esters is 2. The molecule has 1 unspecified atom stereocenters. The highest BCUT2D eigenvalue weighted by Gasteiger charge is 2.77. The predicted molar refractivity (Wildman–Crippen MR) is 163 cm³/mol. The topological polar surface area (TPSA) is 160 Å². The number of unbranched alkanes of at least 4 members (excludes halogenated alkanes) is 1. The third kappa shape index (κ3) is 5.57. The number of aliphatic hydroxyl groups is 1. The zero-order valence-electron chi connectivity index (χ0n) is 27.2. The van der Waals surface area contributed by atoms with E-state index in [4.69, 9.17) is 19.9 Å². The standard InChI is InChI=1S/C35H44FNO10/c1-5-6-11-30(41)47-35(29(40)20-45-31(42)25-10-8-7-9-22(25)19-46-37(43)44)21(2)16-27-26-13-12-23-17-24(38)14-15-32(23,3)34(26,36)28(39)18-33(27,35)4/h7-10,14-15,17,21,26-28,39,43-44H,5-6,11-13,16,18-20H2,1-4H3/t21-,26?,27-,28-,32-,33-,34-,35-/m0/s1. The molecule has 4 aliphatic carbocycles. The number of ketones is 2. The number of fused-ring (bicyclic) bond motifs is 5. The summed E-state index contributed by atoms with van der Waals surface area (Å²) in [6.07, 6.45) is 5.03. The largest absolute Gasteiger partial charge is 0.454 e. The van der Waals surface area contributed by atoms with Gasteiger partial charge < -0.3 is 14.6 Å². The van der Waals surface area contributed by atoms with Crippen molar-refractivity contribution in [2.75, 3.05) is 6.61 Å². The summed E-state index contributed by atoms with van der Waals surface area (Å²) in [7, 11) is 0. The van der Waals surface area contributed by atoms with Crippen LogP contribution >= 0.6 is 0 Å². The fraction of sp³-hybridized carbons (Fsp3) is 0.600. The van der Waals surface area contributed by atoms with E-state index in [1.54, 1.807) is 39.0 Å². The van der Waals surface area contributed by atoms with E-state index in [-0.39, 0.29) is 36.4 Å². The van der Waals surface area contributed by atoms with Gasteiger partial charge in [-0.1, -0.05) is 57.0 Å². The van der Waals surface area contributed by atoms with Gasteiger partial charge in [0.05, 0.1) is 23.7 Å². The van der Waals surface area contributed by atoms with E-state index in [0.29, 0.717) is 37.7 Å². The van der Waals surface area contributed by atoms with Crippen LogP contribution in [0, 0.1) is 28.6 Å². The molecule has 11 nitrogen and oxygen atoms in total. The molecular weight excluding hydrogens is 613 g/mol. The van der Waals surface area contributed by atoms with E-state index in [0.717, 1.165) is 0 Å². The number of alkyl halides is 1. The molecule has 12 heteroatoms. The van der Waals surface area contributed by atoms with Crippen molar-refractivity contribution in [2.24, 2.45) is 28.6 Å². The van der Waals surface area contributed by atoms with E-state index in [2.05, 4.69) is 4.84 Å². The minimum atomic E-state index is -2.14. The Morgan fingerprint density at radius 2 is 1.85 bits per heavy atom. The molecule has 8 atom stereocenters. The van der Waals surface area contributed by atoms with Crippen LogP contribution in [0.15, 0.2) is 48.1 Å². The minimum Gasteiger partial charge on any atom is -0.454 e. The summed E-state index contributed by atoms with van der Waals surface area (Å²) in [5, 5.41) is 29.2. The van der Waals surface area contributed by atoms with Crippen LogP contribution in [0.25, 0.3) is 0 Å². The van der Waals surface area contributed by atoms with Crippen LogP contribution in [0.4, 0.5) is 4.39 Å². The van der Waals surface area contributed by atoms with Crippen LogP contribution in [-0.2, 0) is 35.3 Å². The summed E-state index contributed by atoms with van der Waals surface area (Å²) in [5.41, 5.74) is -5.48. The Morgan fingerprint density at radius 3 is 2.55 bits per heavy atom. The Labute approximate surface area is 273 Å². The highest BCUT2D eigenvalue weighted by Crippen LogP contribution is 2.71. The van der Waals surface area contributed by atoms with Crippen LogP contribution in [0.1, 0.15) is 88.6 Å². The number of benzene rings is 1. The zero-order chi connectivity index (χ0) is 34.4. The third-order valence-corrected chi connectivity index (χ3v) is 11.5. The van der Waals surface area contributed by atoms with Gasteiger partial charge in [-0.3, -0.25) is 24.8 Å². The van der Waals surface area contributed by atoms with Crippen molar-refractivity contribution in [3.8, 4) is 0 Å². The third-order valence-electron chi connectivity index (χ3n) is 11.5. The average molecular weight is 658 g/mol. The number of allylic oxidation sites excluding steroid dienone is 4. The molecule has 0 aromatic heterocycles. The van der Waals surface area contributed by atoms with Gasteiger partial charge in [-0.2, -0.15) is 0 Å². The number of halogens is 1. The molecule has 5 rings (SSSR count). The smallest absolute Gasteiger partial charge is 0.338 e. The van der Waals surface area contributed by atoms with E-state index in [1.807, 2.05) is 6.92 Å². The predicted octanol–water partition coefficient (Wildman–Crippen LogP) is 5.01. The number of Topliss-reactive ketones (excluding diaryl/α,β-unsaturated/α-hetero) is 1. The van der Waals surface area contributed by atoms with Crippen molar-refractivity contribution in [1.82, 2.24) is 5.39 Å². The highest BCUT2D eigenvalue weighted by atomic mass is 19.1. The van der Waals surface area contributed by atoms with Gasteiger partial charge in [0, 0.05) is 29.1 Å². The SMILES string of the molecule is CCCCC(=O)O[C@]1(C(=O)COC(=O)c2ccccc2CON(O)O)[C@@H](C)C[C@H]2C3CCC4=CC(=O)C=C[C@]4(C)[C@@]3(F)[C@@H](O)C[C@@]21C. The first-order valence-corrected chi connectivity index (χ1v) is 16.3. The number of carbonyl (C=O) groups excluding carboxylic acids is 4. The number of aliphatic hydroxyl groups excluding tert-OH is 1. The summed E-state index contributed by atoms with van der Waals surface area (Å²) in [6.45, 7) is 6.04. The fourth-order valence-corrected chi connectivity index (χ4v) is 9.24. The molecule has 0 spiro atoms. The molecule has 3 N–H and O–H groups in total. The summed E-state index contributed by atoms with van der Waals surface area (Å²) < 4.78 is 29.4. The average Bonchev–Trinajstić information content (AvgIpc) is 3.24. The molecule has 3 fully saturated rings. The van der Waals surface area contributed by atoms with Gasteiger partial charge in [-0.15, -0.1) is 0 Å². The number of nitrogens with zero attached hydrogens (tertiary/aromatic N) is 1. The normalized spacial score (nSPS) is 35.9. The van der Waals surface area contributed by atoms with E-state index >= 15 is 4.39 Å². The lowest BCUT2D eigenvalue weighted by atomic mass is 9.44. The van der Waals surface area contributed by atoms with Gasteiger partial charge in [0.2, 0.25) is 5.78 Å². The molecule has 256 valence electrons. The fourth-order valence-electron chi connectivity index (χ4n) is 9.24. The number of rotatable bonds is 11. The molecule has 4 aliphatic rings. The molecule has 3 saturated carbocycles. The maximum Gasteiger partial charge on any atom is 0.338 e. The molecule has 0 radical (unpaired) electrons. The lowest BCUT2D eigenvalue weighted by Crippen LogP contribution is -2.70. The van der Waals surface area contributed by atoms with Crippen LogP contribution < -0.4 is 0 Å². The number of carbonyl (C=O) groups is 4. The molecular formula is C35H44FNO10. The van der Waals surface area contributed by atoms with Crippen LogP contribution in [0.2, 0.25) is 0 Å². The minimum absolute atomic E-state index is 0.0216. The molecule has 0 aliphatic heterocycles. The molecule has 47 heavy (non-hydrogen) atoms. The van der Waals surface area contributed by atoms with Gasteiger partial charge in [0.25, 0.3) is 0 Å². The van der Waals surface area contributed by atoms with Gasteiger partial charge in [0.1, 0.15) is 0 Å². The van der Waals surface area contributed by atoms with Crippen molar-refractivity contribution >= 4 is 23.5 Å². The Morgan fingerprint density at radius 1 is 1.13 bits per heavy atom. The van der Waals surface area contributed by atoms with Gasteiger partial charge in [-0.25, -0.2) is 14.0 Å². The van der Waals surface area contributed by atoms with Gasteiger partial charge in [-0.05, 0) is 68.7 Å². The second-order valence-electron chi connectivity index (χ2n) is 13.9. The second-order valence-corrected chi connectivity index (χ2v) is 13.9. The van der Waals surface area contributed by atoms with Crippen LogP contribution in [0.3, 0.4) is 0 Å². The maximum atomic E-state index is 17.7. The molecule has 0 bridgehead atoms. The maximum absolute atomic E-state index is 17.7. The first-order valence-electron chi connectivity index (χ1n) is 16.3. The molecule has 0 amide bonds. The van der Waals surface area contributed by atoms with Crippen LogP contribution in [0.5, 0.6) is 0 Å². The number of hydrogen-bond acceptors (Lipinski definition) is 11. The van der Waals surface area contributed by atoms with Crippen molar-refractivity contribution in [3.05, 3.63) is 59.2 Å². The quantitative estimate of drug-likeness (QED) is 0.217. The monoisotopic (exact) mass is 657 g/mol. The highest BCUT2D eigenvalue weighted by molar-refractivity contribution is 6.01.